The van der Waals surface area contributed by atoms with Gasteiger partial charge >= 0.3 is 5.97 Å². The quantitative estimate of drug-likeness (QED) is 0.927. The zero-order valence-corrected chi connectivity index (χ0v) is 14.3. The molecule has 5 nitrogen and oxygen atoms in total. The van der Waals surface area contributed by atoms with Crippen LogP contribution in [0.25, 0.3) is 0 Å². The summed E-state index contributed by atoms with van der Waals surface area (Å²) in [4.78, 5) is 23.5. The topological polar surface area (TPSA) is 66.3 Å². The van der Waals surface area contributed by atoms with Crippen LogP contribution in [0.3, 0.4) is 0 Å². The van der Waals surface area contributed by atoms with Gasteiger partial charge < -0.3 is 5.11 Å². The van der Waals surface area contributed by atoms with Crippen molar-refractivity contribution in [3.63, 3.8) is 0 Å². The Labute approximate surface area is 137 Å². The molecule has 1 saturated heterocycles. The number of aryl methyl sites for hydroxylation is 2. The molecular weight excluding hydrogens is 318 g/mol. The third-order valence-electron chi connectivity index (χ3n) is 4.11. The maximum atomic E-state index is 10.9. The van der Waals surface area contributed by atoms with Gasteiger partial charge in [-0.1, -0.05) is 0 Å². The lowest BCUT2D eigenvalue weighted by atomic mass is 9.97. The molecule has 1 N–H and O–H groups in total. The van der Waals surface area contributed by atoms with Crippen molar-refractivity contribution in [3.05, 3.63) is 31.7 Å². The number of hydrogen-bond acceptors (Lipinski definition) is 6. The number of aromatic carboxylic acids is 1. The Kier molecular flexibility index (Phi) is 4.56. The third-order valence-corrected chi connectivity index (χ3v) is 6.17. The van der Waals surface area contributed by atoms with Crippen molar-refractivity contribution in [2.24, 2.45) is 0 Å². The van der Waals surface area contributed by atoms with Crippen LogP contribution in [0.1, 0.15) is 49.8 Å². The van der Waals surface area contributed by atoms with E-state index in [-0.39, 0.29) is 5.69 Å². The summed E-state index contributed by atoms with van der Waals surface area (Å²) in [7, 11) is 0. The second kappa shape index (κ2) is 6.44. The number of nitrogens with zero attached hydrogens (tertiary/aromatic N) is 3. The predicted octanol–water partition coefficient (Wildman–Crippen LogP) is 3.29. The summed E-state index contributed by atoms with van der Waals surface area (Å²) in [6.45, 7) is 7.13. The molecule has 1 fully saturated rings. The van der Waals surface area contributed by atoms with E-state index < -0.39 is 5.97 Å². The third kappa shape index (κ3) is 3.37. The molecule has 0 spiro atoms. The smallest absolute Gasteiger partial charge is 0.355 e. The molecule has 0 aromatic carbocycles. The Morgan fingerprint density at radius 1 is 1.36 bits per heavy atom. The van der Waals surface area contributed by atoms with Gasteiger partial charge in [0.1, 0.15) is 5.01 Å². The van der Waals surface area contributed by atoms with Crippen molar-refractivity contribution in [3.8, 4) is 0 Å². The fourth-order valence-corrected chi connectivity index (χ4v) is 4.65. The van der Waals surface area contributed by atoms with Gasteiger partial charge in [0.2, 0.25) is 0 Å². The summed E-state index contributed by atoms with van der Waals surface area (Å²) in [6, 6.07) is 0. The number of carboxylic acids is 1. The lowest BCUT2D eigenvalue weighted by molar-refractivity contribution is 0.0691. The van der Waals surface area contributed by atoms with E-state index in [4.69, 9.17) is 5.11 Å². The molecule has 2 aromatic heterocycles. The number of rotatable bonds is 4. The van der Waals surface area contributed by atoms with E-state index in [1.807, 2.05) is 0 Å². The highest BCUT2D eigenvalue weighted by molar-refractivity contribution is 7.11. The van der Waals surface area contributed by atoms with Gasteiger partial charge in [-0.2, -0.15) is 0 Å². The molecule has 0 amide bonds. The van der Waals surface area contributed by atoms with Crippen LogP contribution in [0.5, 0.6) is 0 Å². The van der Waals surface area contributed by atoms with Gasteiger partial charge in [0.15, 0.2) is 5.69 Å². The molecule has 3 heterocycles. The minimum atomic E-state index is -0.936. The largest absolute Gasteiger partial charge is 0.476 e. The molecule has 1 aliphatic rings. The molecule has 2 aromatic rings. The number of carboxylic acid groups (broad SMARTS) is 1. The van der Waals surface area contributed by atoms with E-state index in [9.17, 15) is 4.79 Å². The van der Waals surface area contributed by atoms with E-state index >= 15 is 0 Å². The van der Waals surface area contributed by atoms with Crippen molar-refractivity contribution >= 4 is 28.6 Å². The Morgan fingerprint density at radius 2 is 2.09 bits per heavy atom. The molecule has 22 heavy (non-hydrogen) atoms. The van der Waals surface area contributed by atoms with Crippen molar-refractivity contribution in [2.75, 3.05) is 13.1 Å². The number of likely N-dealkylation sites (tertiary alicyclic amines) is 1. The number of carbonyl (C=O) groups is 1. The van der Waals surface area contributed by atoms with Gasteiger partial charge in [-0.05, 0) is 39.8 Å². The first-order chi connectivity index (χ1) is 10.5. The molecule has 0 saturated carbocycles. The minimum absolute atomic E-state index is 0.177. The zero-order valence-electron chi connectivity index (χ0n) is 12.7. The molecule has 3 rings (SSSR count). The van der Waals surface area contributed by atoms with Crippen molar-refractivity contribution < 1.29 is 9.90 Å². The second-order valence-corrected chi connectivity index (χ2v) is 7.85. The van der Waals surface area contributed by atoms with Crippen LogP contribution in [-0.4, -0.2) is 39.0 Å². The van der Waals surface area contributed by atoms with E-state index in [1.165, 1.54) is 21.2 Å². The Hall–Kier alpha value is -1.31. The van der Waals surface area contributed by atoms with Gasteiger partial charge in [-0.3, -0.25) is 4.90 Å². The summed E-state index contributed by atoms with van der Waals surface area (Å²) in [5.41, 5.74) is 1.31. The number of piperidine rings is 1. The zero-order chi connectivity index (χ0) is 15.7. The van der Waals surface area contributed by atoms with Crippen LogP contribution in [0, 0.1) is 13.8 Å². The maximum Gasteiger partial charge on any atom is 0.355 e. The highest BCUT2D eigenvalue weighted by Gasteiger charge is 2.24. The van der Waals surface area contributed by atoms with E-state index in [0.29, 0.717) is 5.92 Å². The SMILES string of the molecule is Cc1nc(CN2CCC(c3nc(C(=O)O)cs3)CC2)sc1C. The van der Waals surface area contributed by atoms with Gasteiger partial charge in [0.05, 0.1) is 17.2 Å². The molecule has 0 radical (unpaired) electrons. The van der Waals surface area contributed by atoms with Crippen LogP contribution >= 0.6 is 22.7 Å². The Bertz CT molecular complexity index is 653. The molecule has 7 heteroatoms. The molecule has 118 valence electrons. The molecule has 0 aliphatic carbocycles. The summed E-state index contributed by atoms with van der Waals surface area (Å²) in [6.07, 6.45) is 2.08. The van der Waals surface area contributed by atoms with Gasteiger partial charge in [-0.15, -0.1) is 22.7 Å². The summed E-state index contributed by atoms with van der Waals surface area (Å²) in [5, 5.41) is 12.8. The average Bonchev–Trinajstić information content (AvgIpc) is 3.08. The normalized spacial score (nSPS) is 17.0. The van der Waals surface area contributed by atoms with Crippen LogP contribution in [-0.2, 0) is 6.54 Å². The minimum Gasteiger partial charge on any atom is -0.476 e. The Morgan fingerprint density at radius 3 is 2.64 bits per heavy atom. The second-order valence-electron chi connectivity index (χ2n) is 5.68. The van der Waals surface area contributed by atoms with Crippen LogP contribution in [0.4, 0.5) is 0 Å². The predicted molar refractivity (Wildman–Crippen MR) is 87.9 cm³/mol. The molecule has 0 unspecified atom stereocenters. The highest BCUT2D eigenvalue weighted by Crippen LogP contribution is 2.31. The van der Waals surface area contributed by atoms with Crippen molar-refractivity contribution in [1.29, 1.82) is 0 Å². The van der Waals surface area contributed by atoms with E-state index in [1.54, 1.807) is 16.7 Å². The van der Waals surface area contributed by atoms with Gasteiger partial charge in [0, 0.05) is 16.2 Å². The van der Waals surface area contributed by atoms with Gasteiger partial charge in [-0.25, -0.2) is 14.8 Å². The van der Waals surface area contributed by atoms with Crippen LogP contribution in [0.15, 0.2) is 5.38 Å². The maximum absolute atomic E-state index is 10.9. The fraction of sp³-hybridized carbons (Fsp3) is 0.533. The lowest BCUT2D eigenvalue weighted by Crippen LogP contribution is -2.32. The summed E-state index contributed by atoms with van der Waals surface area (Å²) >= 11 is 3.26. The fourth-order valence-electron chi connectivity index (χ4n) is 2.71. The van der Waals surface area contributed by atoms with Gasteiger partial charge in [0.25, 0.3) is 0 Å². The summed E-state index contributed by atoms with van der Waals surface area (Å²) in [5.74, 6) is -0.538. The van der Waals surface area contributed by atoms with E-state index in [0.717, 1.165) is 43.2 Å². The molecule has 0 atom stereocenters. The first-order valence-corrected chi connectivity index (χ1v) is 9.06. The van der Waals surface area contributed by atoms with Crippen LogP contribution < -0.4 is 0 Å². The van der Waals surface area contributed by atoms with Crippen molar-refractivity contribution in [1.82, 2.24) is 14.9 Å². The monoisotopic (exact) mass is 337 g/mol. The van der Waals surface area contributed by atoms with Crippen LogP contribution in [0.2, 0.25) is 0 Å². The average molecular weight is 337 g/mol. The first-order valence-electron chi connectivity index (χ1n) is 7.37. The molecular formula is C15H19N3O2S2. The molecule has 1 aliphatic heterocycles. The Balaban J connectivity index is 1.56. The number of thiazole rings is 2. The number of aromatic nitrogens is 2. The van der Waals surface area contributed by atoms with E-state index in [2.05, 4.69) is 28.7 Å². The van der Waals surface area contributed by atoms with Crippen molar-refractivity contribution in [2.45, 2.75) is 39.2 Å². The number of hydrogen-bond donors (Lipinski definition) is 1. The molecule has 0 bridgehead atoms. The highest BCUT2D eigenvalue weighted by atomic mass is 32.1. The standard InChI is InChI=1S/C15H19N3O2S2/c1-9-10(2)22-13(16-9)7-18-5-3-11(4-6-18)14-17-12(8-21-14)15(19)20/h8,11H,3-7H2,1-2H3,(H,19,20). The lowest BCUT2D eigenvalue weighted by Gasteiger charge is -2.30. The summed E-state index contributed by atoms with van der Waals surface area (Å²) < 4.78 is 0. The first kappa shape index (κ1) is 15.6.